The molecule has 0 radical (unpaired) electrons. The fraction of sp³-hybridized carbons (Fsp3) is 0.400. The van der Waals surface area contributed by atoms with Crippen molar-refractivity contribution >= 4 is 7.72 Å². The van der Waals surface area contributed by atoms with Gasteiger partial charge >= 0.3 is 0 Å². The lowest BCUT2D eigenvalue weighted by Gasteiger charge is -2.23. The lowest BCUT2D eigenvalue weighted by Crippen LogP contribution is -2.17. The van der Waals surface area contributed by atoms with Crippen molar-refractivity contribution in [2.75, 3.05) is 13.3 Å². The Hall–Kier alpha value is -1.41. The highest BCUT2D eigenvalue weighted by Gasteiger charge is 2.40. The summed E-state index contributed by atoms with van der Waals surface area (Å²) in [5.41, 5.74) is 2.48. The van der Waals surface area contributed by atoms with Crippen LogP contribution in [0.25, 0.3) is 0 Å². The first-order valence-electron chi connectivity index (χ1n) is 8.54. The van der Waals surface area contributed by atoms with Crippen molar-refractivity contribution in [2.45, 2.75) is 39.0 Å². The Morgan fingerprint density at radius 2 is 1.71 bits per heavy atom. The standard InChI is InChI=1S/C20H28O3P/c1-4-20(24(3,21)23-5-2)15-18-12-9-13-19(14-18)22-16-17-10-7-6-8-11-17/h6-14,20-21H,4-5,15-16H2,1-3H3/q+1/t20-,24?/m1/s1. The molecule has 2 rings (SSSR count). The smallest absolute Gasteiger partial charge is 0.271 e. The second kappa shape index (κ2) is 9.17. The minimum absolute atomic E-state index is 0.154. The van der Waals surface area contributed by atoms with Gasteiger partial charge in [-0.3, -0.25) is 0 Å². The van der Waals surface area contributed by atoms with E-state index in [1.54, 1.807) is 0 Å². The summed E-state index contributed by atoms with van der Waals surface area (Å²) >= 11 is 0. The zero-order valence-corrected chi connectivity index (χ0v) is 15.7. The fourth-order valence-electron chi connectivity index (χ4n) is 2.79. The third kappa shape index (κ3) is 5.59. The van der Waals surface area contributed by atoms with Crippen LogP contribution in [-0.4, -0.2) is 23.8 Å². The molecule has 0 aromatic heterocycles. The first-order valence-corrected chi connectivity index (χ1v) is 10.7. The molecule has 0 heterocycles. The Labute approximate surface area is 146 Å². The van der Waals surface area contributed by atoms with E-state index in [1.807, 2.05) is 43.9 Å². The monoisotopic (exact) mass is 347 g/mol. The SMILES string of the molecule is CCO[P+](C)(O)[C@H](CC)Cc1cccc(OCc2ccccc2)c1. The van der Waals surface area contributed by atoms with Gasteiger partial charge in [0.1, 0.15) is 24.7 Å². The highest BCUT2D eigenvalue weighted by molar-refractivity contribution is 7.65. The molecule has 2 aromatic rings. The summed E-state index contributed by atoms with van der Waals surface area (Å²) in [6.45, 7) is 7.01. The van der Waals surface area contributed by atoms with Crippen LogP contribution in [0, 0.1) is 0 Å². The minimum atomic E-state index is -2.34. The molecular weight excluding hydrogens is 319 g/mol. The van der Waals surface area contributed by atoms with Crippen molar-refractivity contribution in [3.8, 4) is 5.75 Å². The minimum Gasteiger partial charge on any atom is -0.489 e. The van der Waals surface area contributed by atoms with Crippen molar-refractivity contribution < 1.29 is 14.2 Å². The zero-order chi connectivity index (χ0) is 17.4. The maximum absolute atomic E-state index is 10.6. The molecule has 3 nitrogen and oxygen atoms in total. The number of rotatable bonds is 9. The van der Waals surface area contributed by atoms with Crippen molar-refractivity contribution in [3.05, 3.63) is 65.7 Å². The largest absolute Gasteiger partial charge is 0.489 e. The van der Waals surface area contributed by atoms with Gasteiger partial charge in [0, 0.05) is 6.42 Å². The molecule has 0 fully saturated rings. The summed E-state index contributed by atoms with van der Waals surface area (Å²) in [7, 11) is -2.34. The number of hydrogen-bond acceptors (Lipinski definition) is 3. The second-order valence-electron chi connectivity index (χ2n) is 6.05. The van der Waals surface area contributed by atoms with E-state index in [2.05, 4.69) is 31.2 Å². The molecule has 0 amide bonds. The van der Waals surface area contributed by atoms with Gasteiger partial charge in [0.2, 0.25) is 0 Å². The Kier molecular flexibility index (Phi) is 7.23. The predicted molar refractivity (Wildman–Crippen MR) is 102 cm³/mol. The van der Waals surface area contributed by atoms with Crippen LogP contribution in [0.5, 0.6) is 5.75 Å². The lowest BCUT2D eigenvalue weighted by atomic mass is 10.1. The molecule has 2 atom stereocenters. The third-order valence-electron chi connectivity index (χ3n) is 4.16. The molecule has 1 unspecified atom stereocenters. The van der Waals surface area contributed by atoms with Crippen molar-refractivity contribution in [1.82, 2.24) is 0 Å². The maximum Gasteiger partial charge on any atom is 0.271 e. The van der Waals surface area contributed by atoms with E-state index in [9.17, 15) is 4.89 Å². The molecule has 0 saturated heterocycles. The summed E-state index contributed by atoms with van der Waals surface area (Å²) in [4.78, 5) is 10.6. The molecule has 130 valence electrons. The van der Waals surface area contributed by atoms with Gasteiger partial charge in [0.25, 0.3) is 7.72 Å². The normalized spacial score (nSPS) is 14.8. The number of benzene rings is 2. The average molecular weight is 347 g/mol. The molecule has 0 spiro atoms. The predicted octanol–water partition coefficient (Wildman–Crippen LogP) is 5.09. The van der Waals surface area contributed by atoms with Crippen LogP contribution < -0.4 is 4.74 Å². The van der Waals surface area contributed by atoms with Crippen molar-refractivity contribution in [3.63, 3.8) is 0 Å². The first-order chi connectivity index (χ1) is 11.5. The molecule has 0 bridgehead atoms. The topological polar surface area (TPSA) is 38.7 Å². The van der Waals surface area contributed by atoms with E-state index in [4.69, 9.17) is 9.26 Å². The molecular formula is C20H28O3P+. The fourth-order valence-corrected chi connectivity index (χ4v) is 4.76. The van der Waals surface area contributed by atoms with Crippen LogP contribution in [-0.2, 0) is 17.6 Å². The zero-order valence-electron chi connectivity index (χ0n) is 14.8. The quantitative estimate of drug-likeness (QED) is 0.642. The molecule has 24 heavy (non-hydrogen) atoms. The summed E-state index contributed by atoms with van der Waals surface area (Å²) in [5, 5.41) is 0. The van der Waals surface area contributed by atoms with Crippen molar-refractivity contribution in [1.29, 1.82) is 0 Å². The Morgan fingerprint density at radius 3 is 2.38 bits per heavy atom. The van der Waals surface area contributed by atoms with E-state index in [0.29, 0.717) is 13.2 Å². The van der Waals surface area contributed by atoms with Gasteiger partial charge in [0.05, 0.1) is 6.61 Å². The molecule has 4 heteroatoms. The van der Waals surface area contributed by atoms with E-state index in [0.717, 1.165) is 24.2 Å². The van der Waals surface area contributed by atoms with Gasteiger partial charge < -0.3 is 4.74 Å². The van der Waals surface area contributed by atoms with E-state index >= 15 is 0 Å². The second-order valence-corrected chi connectivity index (χ2v) is 8.92. The Morgan fingerprint density at radius 1 is 1.00 bits per heavy atom. The molecule has 0 saturated carbocycles. The molecule has 2 aromatic carbocycles. The van der Waals surface area contributed by atoms with Gasteiger partial charge in [-0.2, -0.15) is 0 Å². The summed E-state index contributed by atoms with van der Waals surface area (Å²) in [5.74, 6) is 0.862. The van der Waals surface area contributed by atoms with E-state index in [-0.39, 0.29) is 5.66 Å². The summed E-state index contributed by atoms with van der Waals surface area (Å²) in [6, 6.07) is 18.3. The third-order valence-corrected chi connectivity index (χ3v) is 6.84. The molecule has 0 aliphatic rings. The van der Waals surface area contributed by atoms with Gasteiger partial charge in [0.15, 0.2) is 0 Å². The lowest BCUT2D eigenvalue weighted by molar-refractivity contribution is 0.301. The number of ether oxygens (including phenoxy) is 1. The maximum atomic E-state index is 10.6. The van der Waals surface area contributed by atoms with Gasteiger partial charge in [-0.15, -0.1) is 0 Å². The van der Waals surface area contributed by atoms with Crippen LogP contribution in [0.4, 0.5) is 0 Å². The Balaban J connectivity index is 2.01. The molecule has 1 N–H and O–H groups in total. The summed E-state index contributed by atoms with van der Waals surface area (Å²) < 4.78 is 11.5. The average Bonchev–Trinajstić information content (AvgIpc) is 2.59. The summed E-state index contributed by atoms with van der Waals surface area (Å²) in [6.07, 6.45) is 1.70. The van der Waals surface area contributed by atoms with E-state index in [1.165, 1.54) is 5.56 Å². The van der Waals surface area contributed by atoms with Gasteiger partial charge in [-0.05, 0) is 36.6 Å². The van der Waals surface area contributed by atoms with Crippen molar-refractivity contribution in [2.24, 2.45) is 0 Å². The van der Waals surface area contributed by atoms with Crippen LogP contribution >= 0.6 is 7.72 Å². The Bertz CT molecular complexity index is 613. The highest BCUT2D eigenvalue weighted by Crippen LogP contribution is 2.58. The highest BCUT2D eigenvalue weighted by atomic mass is 31.2. The van der Waals surface area contributed by atoms with Gasteiger partial charge in [-0.25, -0.2) is 9.42 Å². The van der Waals surface area contributed by atoms with E-state index < -0.39 is 7.72 Å². The van der Waals surface area contributed by atoms with Crippen LogP contribution in [0.3, 0.4) is 0 Å². The molecule has 0 aliphatic carbocycles. The van der Waals surface area contributed by atoms with Crippen LogP contribution in [0.15, 0.2) is 54.6 Å². The van der Waals surface area contributed by atoms with Gasteiger partial charge in [-0.1, -0.05) is 49.4 Å². The van der Waals surface area contributed by atoms with Crippen LogP contribution in [0.1, 0.15) is 31.4 Å². The first kappa shape index (κ1) is 18.9. The van der Waals surface area contributed by atoms with Crippen LogP contribution in [0.2, 0.25) is 0 Å². The molecule has 0 aliphatic heterocycles. The number of hydrogen-bond donors (Lipinski definition) is 1.